The summed E-state index contributed by atoms with van der Waals surface area (Å²) in [4.78, 5) is 27.2. The maximum atomic E-state index is 13.3. The number of carbonyl (C=O) groups is 2. The number of nitrogens with zero attached hydrogens (tertiary/aromatic N) is 2. The molecule has 1 aromatic heterocycles. The number of benzene rings is 2. The highest BCUT2D eigenvalue weighted by molar-refractivity contribution is 7.80. The number of aryl methyl sites for hydroxylation is 2. The topological polar surface area (TPSA) is 54.3 Å². The van der Waals surface area contributed by atoms with Gasteiger partial charge in [0, 0.05) is 17.1 Å². The van der Waals surface area contributed by atoms with Crippen LogP contribution in [0.1, 0.15) is 22.5 Å². The Morgan fingerprint density at radius 2 is 1.56 bits per heavy atom. The van der Waals surface area contributed by atoms with Gasteiger partial charge in [-0.05, 0) is 81.0 Å². The van der Waals surface area contributed by atoms with Gasteiger partial charge in [-0.1, -0.05) is 40.9 Å². The van der Waals surface area contributed by atoms with Gasteiger partial charge in [0.25, 0.3) is 11.8 Å². The molecule has 1 fully saturated rings. The van der Waals surface area contributed by atoms with Gasteiger partial charge in [-0.2, -0.15) is 0 Å². The molecule has 0 bridgehead atoms. The van der Waals surface area contributed by atoms with E-state index >= 15 is 0 Å². The van der Waals surface area contributed by atoms with Crippen LogP contribution in [0.3, 0.4) is 0 Å². The minimum atomic E-state index is -0.545. The number of amides is 2. The summed E-state index contributed by atoms with van der Waals surface area (Å²) in [6, 6.07) is 14.8. The van der Waals surface area contributed by atoms with E-state index in [1.807, 2.05) is 51.1 Å². The summed E-state index contributed by atoms with van der Waals surface area (Å²) in [6.45, 7) is 5.97. The fourth-order valence-corrected chi connectivity index (χ4v) is 4.27. The lowest BCUT2D eigenvalue weighted by molar-refractivity contribution is -0.122. The molecule has 1 aliphatic rings. The number of carbonyl (C=O) groups excluding carboxylic acids is 2. The Labute approximate surface area is 201 Å². The maximum absolute atomic E-state index is 13.3. The van der Waals surface area contributed by atoms with E-state index in [-0.39, 0.29) is 15.7 Å². The molecular formula is C24H19Cl2N3O2S. The fraction of sp³-hybridized carbons (Fsp3) is 0.125. The van der Waals surface area contributed by atoms with Crippen molar-refractivity contribution in [2.45, 2.75) is 20.8 Å². The van der Waals surface area contributed by atoms with Crippen molar-refractivity contribution < 1.29 is 9.59 Å². The van der Waals surface area contributed by atoms with Crippen molar-refractivity contribution in [1.82, 2.24) is 9.88 Å². The predicted octanol–water partition coefficient (Wildman–Crippen LogP) is 5.54. The molecule has 0 atom stereocenters. The van der Waals surface area contributed by atoms with Gasteiger partial charge in [0.1, 0.15) is 5.57 Å². The van der Waals surface area contributed by atoms with Crippen molar-refractivity contribution >= 4 is 64.1 Å². The third-order valence-electron chi connectivity index (χ3n) is 5.33. The number of hydrogen-bond acceptors (Lipinski definition) is 3. The molecule has 2 aromatic carbocycles. The standard InChI is InChI=1S/C24H19Cl2N3O2S/c1-13-4-6-17(7-5-13)28-14(2)10-16(15(28)3)11-19-22(30)27-24(32)29(23(19)31)18-8-9-20(25)21(26)12-18/h4-12H,1-3H3,(H,27,30,32)/b19-11+. The first-order chi connectivity index (χ1) is 15.2. The van der Waals surface area contributed by atoms with Crippen LogP contribution in [0.2, 0.25) is 10.0 Å². The SMILES string of the molecule is Cc1ccc(-n2c(C)cc(/C=C3\C(=O)NC(=S)N(c4ccc(Cl)c(Cl)c4)C3=O)c2C)cc1. The Balaban J connectivity index is 1.76. The summed E-state index contributed by atoms with van der Waals surface area (Å²) >= 11 is 17.4. The monoisotopic (exact) mass is 483 g/mol. The van der Waals surface area contributed by atoms with Crippen LogP contribution in [-0.2, 0) is 9.59 Å². The lowest BCUT2D eigenvalue weighted by atomic mass is 10.1. The molecule has 0 spiro atoms. The quantitative estimate of drug-likeness (QED) is 0.302. The molecule has 2 amide bonds. The molecule has 0 unspecified atom stereocenters. The Hall–Kier alpha value is -2.93. The van der Waals surface area contributed by atoms with E-state index in [1.165, 1.54) is 16.5 Å². The van der Waals surface area contributed by atoms with Crippen LogP contribution in [0.4, 0.5) is 5.69 Å². The van der Waals surface area contributed by atoms with Crippen molar-refractivity contribution in [3.8, 4) is 5.69 Å². The molecular weight excluding hydrogens is 465 g/mol. The van der Waals surface area contributed by atoms with E-state index in [0.717, 1.165) is 22.6 Å². The zero-order valence-electron chi connectivity index (χ0n) is 17.6. The number of rotatable bonds is 3. The van der Waals surface area contributed by atoms with Gasteiger partial charge in [0.05, 0.1) is 15.7 Å². The van der Waals surface area contributed by atoms with Gasteiger partial charge in [0.2, 0.25) is 0 Å². The average Bonchev–Trinajstić information content (AvgIpc) is 3.01. The highest BCUT2D eigenvalue weighted by Crippen LogP contribution is 2.30. The second kappa shape index (κ2) is 8.54. The summed E-state index contributed by atoms with van der Waals surface area (Å²) in [7, 11) is 0. The number of thiocarbonyl (C=S) groups is 1. The van der Waals surface area contributed by atoms with E-state index in [1.54, 1.807) is 18.2 Å². The van der Waals surface area contributed by atoms with E-state index in [2.05, 4.69) is 9.88 Å². The third kappa shape index (κ3) is 3.97. The van der Waals surface area contributed by atoms with Gasteiger partial charge in [-0.3, -0.25) is 19.8 Å². The molecule has 5 nitrogen and oxygen atoms in total. The highest BCUT2D eigenvalue weighted by Gasteiger charge is 2.35. The Morgan fingerprint density at radius 1 is 0.906 bits per heavy atom. The minimum absolute atomic E-state index is 0.0133. The van der Waals surface area contributed by atoms with Crippen LogP contribution in [0, 0.1) is 20.8 Å². The predicted molar refractivity (Wildman–Crippen MR) is 133 cm³/mol. The number of aromatic nitrogens is 1. The van der Waals surface area contributed by atoms with Crippen LogP contribution in [0.25, 0.3) is 11.8 Å². The fourth-order valence-electron chi connectivity index (χ4n) is 3.70. The Morgan fingerprint density at radius 3 is 2.22 bits per heavy atom. The van der Waals surface area contributed by atoms with Crippen molar-refractivity contribution in [3.63, 3.8) is 0 Å². The first-order valence-electron chi connectivity index (χ1n) is 9.80. The summed E-state index contributed by atoms with van der Waals surface area (Å²) in [5.41, 5.74) is 5.24. The van der Waals surface area contributed by atoms with Gasteiger partial charge >= 0.3 is 0 Å². The van der Waals surface area contributed by atoms with Gasteiger partial charge in [-0.15, -0.1) is 0 Å². The molecule has 162 valence electrons. The van der Waals surface area contributed by atoms with Crippen molar-refractivity contribution in [2.24, 2.45) is 0 Å². The summed E-state index contributed by atoms with van der Waals surface area (Å²) < 4.78 is 2.08. The second-order valence-electron chi connectivity index (χ2n) is 7.55. The molecule has 1 N–H and O–H groups in total. The minimum Gasteiger partial charge on any atom is -0.318 e. The lowest BCUT2D eigenvalue weighted by Gasteiger charge is -2.29. The van der Waals surface area contributed by atoms with Crippen LogP contribution in [0.15, 0.2) is 54.1 Å². The second-order valence-corrected chi connectivity index (χ2v) is 8.75. The molecule has 0 aliphatic carbocycles. The number of halogens is 2. The smallest absolute Gasteiger partial charge is 0.270 e. The lowest BCUT2D eigenvalue weighted by Crippen LogP contribution is -2.54. The molecule has 3 aromatic rings. The first kappa shape index (κ1) is 22.3. The molecule has 8 heteroatoms. The van der Waals surface area contributed by atoms with Crippen LogP contribution < -0.4 is 10.2 Å². The Bertz CT molecular complexity index is 1310. The molecule has 1 saturated heterocycles. The normalized spacial score (nSPS) is 15.5. The van der Waals surface area contributed by atoms with E-state index < -0.39 is 11.8 Å². The zero-order valence-corrected chi connectivity index (χ0v) is 19.9. The highest BCUT2D eigenvalue weighted by atomic mass is 35.5. The summed E-state index contributed by atoms with van der Waals surface area (Å²) in [5, 5.41) is 3.21. The molecule has 2 heterocycles. The largest absolute Gasteiger partial charge is 0.318 e. The molecule has 4 rings (SSSR count). The van der Waals surface area contributed by atoms with Crippen molar-refractivity contribution in [3.05, 3.63) is 86.7 Å². The first-order valence-corrected chi connectivity index (χ1v) is 11.0. The van der Waals surface area contributed by atoms with Crippen molar-refractivity contribution in [2.75, 3.05) is 4.90 Å². The average molecular weight is 484 g/mol. The van der Waals surface area contributed by atoms with Gasteiger partial charge < -0.3 is 4.57 Å². The van der Waals surface area contributed by atoms with Crippen molar-refractivity contribution in [1.29, 1.82) is 0 Å². The van der Waals surface area contributed by atoms with E-state index in [4.69, 9.17) is 35.4 Å². The van der Waals surface area contributed by atoms with Crippen LogP contribution in [0.5, 0.6) is 0 Å². The number of anilines is 1. The maximum Gasteiger partial charge on any atom is 0.270 e. The van der Waals surface area contributed by atoms with E-state index in [0.29, 0.717) is 10.7 Å². The van der Waals surface area contributed by atoms with Gasteiger partial charge in [0.15, 0.2) is 5.11 Å². The van der Waals surface area contributed by atoms with Crippen LogP contribution in [-0.4, -0.2) is 21.5 Å². The third-order valence-corrected chi connectivity index (χ3v) is 6.35. The molecule has 0 radical (unpaired) electrons. The van der Waals surface area contributed by atoms with Crippen LogP contribution >= 0.6 is 35.4 Å². The summed E-state index contributed by atoms with van der Waals surface area (Å²) in [5.74, 6) is -1.08. The molecule has 1 aliphatic heterocycles. The molecule has 0 saturated carbocycles. The Kier molecular flexibility index (Phi) is 5.95. The van der Waals surface area contributed by atoms with E-state index in [9.17, 15) is 9.59 Å². The zero-order chi connectivity index (χ0) is 23.2. The van der Waals surface area contributed by atoms with Gasteiger partial charge in [-0.25, -0.2) is 0 Å². The number of nitrogens with one attached hydrogen (secondary N) is 1. The number of hydrogen-bond donors (Lipinski definition) is 1. The molecule has 32 heavy (non-hydrogen) atoms. The summed E-state index contributed by atoms with van der Waals surface area (Å²) in [6.07, 6.45) is 1.59.